The zero-order chi connectivity index (χ0) is 17.6. The van der Waals surface area contributed by atoms with Crippen LogP contribution in [0.25, 0.3) is 0 Å². The summed E-state index contributed by atoms with van der Waals surface area (Å²) in [7, 11) is 0. The molecule has 5 nitrogen and oxygen atoms in total. The smallest absolute Gasteiger partial charge is 0.244 e. The molecule has 0 unspecified atom stereocenters. The SMILES string of the molecule is CCNC(=NCC(=O)N1CCc2sccc2C1)NCC(C)(C)SC. The Morgan fingerprint density at radius 3 is 2.96 bits per heavy atom. The van der Waals surface area contributed by atoms with Crippen LogP contribution in [0.4, 0.5) is 0 Å². The monoisotopic (exact) mass is 368 g/mol. The topological polar surface area (TPSA) is 56.7 Å². The molecule has 0 bridgehead atoms. The van der Waals surface area contributed by atoms with Crippen LogP contribution >= 0.6 is 23.1 Å². The first-order valence-corrected chi connectivity index (χ1v) is 10.5. The highest BCUT2D eigenvalue weighted by Gasteiger charge is 2.21. The van der Waals surface area contributed by atoms with Crippen LogP contribution in [-0.4, -0.2) is 53.9 Å². The molecule has 0 spiro atoms. The molecule has 0 fully saturated rings. The van der Waals surface area contributed by atoms with Gasteiger partial charge in [0, 0.05) is 35.8 Å². The molecule has 7 heteroatoms. The third-order valence-corrected chi connectivity index (χ3v) is 6.38. The quantitative estimate of drug-likeness (QED) is 0.598. The summed E-state index contributed by atoms with van der Waals surface area (Å²) < 4.78 is 0.127. The van der Waals surface area contributed by atoms with Gasteiger partial charge in [-0.05, 0) is 50.5 Å². The number of guanidine groups is 1. The van der Waals surface area contributed by atoms with Crippen LogP contribution in [-0.2, 0) is 17.8 Å². The minimum atomic E-state index is 0.0909. The summed E-state index contributed by atoms with van der Waals surface area (Å²) in [5, 5.41) is 8.65. The van der Waals surface area contributed by atoms with E-state index < -0.39 is 0 Å². The maximum Gasteiger partial charge on any atom is 0.244 e. The summed E-state index contributed by atoms with van der Waals surface area (Å²) in [6.45, 7) is 9.69. The highest BCUT2D eigenvalue weighted by molar-refractivity contribution is 7.99. The van der Waals surface area contributed by atoms with E-state index in [2.05, 4.69) is 47.2 Å². The number of rotatable bonds is 6. The van der Waals surface area contributed by atoms with Gasteiger partial charge in [-0.25, -0.2) is 4.99 Å². The Morgan fingerprint density at radius 1 is 1.46 bits per heavy atom. The van der Waals surface area contributed by atoms with Crippen molar-refractivity contribution in [1.29, 1.82) is 0 Å². The standard InChI is InChI=1S/C17H28N4OS2/c1-5-18-16(20-12-17(2,3)23-4)19-10-15(22)21-8-6-14-13(11-21)7-9-24-14/h7,9H,5-6,8,10-12H2,1-4H3,(H2,18,19,20). The number of aliphatic imine (C=N–C) groups is 1. The fourth-order valence-corrected chi connectivity index (χ4v) is 3.52. The number of hydrogen-bond acceptors (Lipinski definition) is 4. The van der Waals surface area contributed by atoms with Crippen molar-refractivity contribution in [3.63, 3.8) is 0 Å². The third-order valence-electron chi connectivity index (χ3n) is 4.11. The van der Waals surface area contributed by atoms with E-state index in [0.717, 1.165) is 32.6 Å². The summed E-state index contributed by atoms with van der Waals surface area (Å²) >= 11 is 3.60. The van der Waals surface area contributed by atoms with Gasteiger partial charge in [0.25, 0.3) is 0 Å². The Labute approximate surface area is 153 Å². The summed E-state index contributed by atoms with van der Waals surface area (Å²) in [6, 6.07) is 2.12. The van der Waals surface area contributed by atoms with Gasteiger partial charge in [0.2, 0.25) is 5.91 Å². The molecule has 24 heavy (non-hydrogen) atoms. The lowest BCUT2D eigenvalue weighted by Crippen LogP contribution is -2.44. The predicted molar refractivity (Wildman–Crippen MR) is 105 cm³/mol. The maximum absolute atomic E-state index is 12.5. The Kier molecular flexibility index (Phi) is 6.98. The van der Waals surface area contributed by atoms with Gasteiger partial charge >= 0.3 is 0 Å². The normalized spacial score (nSPS) is 15.2. The lowest BCUT2D eigenvalue weighted by Gasteiger charge is -2.27. The van der Waals surface area contributed by atoms with Crippen molar-refractivity contribution in [2.45, 2.75) is 38.5 Å². The molecule has 0 aliphatic carbocycles. The average Bonchev–Trinajstić information content (AvgIpc) is 3.04. The zero-order valence-electron chi connectivity index (χ0n) is 15.0. The number of amides is 1. The Morgan fingerprint density at radius 2 is 2.25 bits per heavy atom. The van der Waals surface area contributed by atoms with Crippen molar-refractivity contribution in [2.24, 2.45) is 4.99 Å². The van der Waals surface area contributed by atoms with Crippen LogP contribution in [0.3, 0.4) is 0 Å². The number of carbonyl (C=O) groups is 1. The molecule has 0 aromatic carbocycles. The molecule has 134 valence electrons. The Balaban J connectivity index is 1.89. The molecule has 2 heterocycles. The van der Waals surface area contributed by atoms with Gasteiger partial charge < -0.3 is 15.5 Å². The number of nitrogens with one attached hydrogen (secondary N) is 2. The van der Waals surface area contributed by atoms with Crippen LogP contribution in [0, 0.1) is 0 Å². The molecule has 1 amide bonds. The number of thiophene rings is 1. The van der Waals surface area contributed by atoms with Crippen LogP contribution in [0.5, 0.6) is 0 Å². The number of nitrogens with zero attached hydrogens (tertiary/aromatic N) is 2. The lowest BCUT2D eigenvalue weighted by molar-refractivity contribution is -0.130. The molecule has 0 radical (unpaired) electrons. The summed E-state index contributed by atoms with van der Waals surface area (Å²) in [6.07, 6.45) is 3.06. The molecule has 1 aliphatic rings. The van der Waals surface area contributed by atoms with Gasteiger partial charge in [-0.15, -0.1) is 11.3 Å². The van der Waals surface area contributed by atoms with Crippen LogP contribution in [0.15, 0.2) is 16.4 Å². The molecule has 0 saturated carbocycles. The van der Waals surface area contributed by atoms with E-state index in [9.17, 15) is 4.79 Å². The number of hydrogen-bond donors (Lipinski definition) is 2. The van der Waals surface area contributed by atoms with Gasteiger partial charge in [-0.3, -0.25) is 4.79 Å². The van der Waals surface area contributed by atoms with Gasteiger partial charge in [0.05, 0.1) is 0 Å². The Hall–Kier alpha value is -1.21. The second-order valence-electron chi connectivity index (χ2n) is 6.45. The Bertz CT molecular complexity index is 583. The van der Waals surface area contributed by atoms with Crippen molar-refractivity contribution in [1.82, 2.24) is 15.5 Å². The number of carbonyl (C=O) groups excluding carboxylic acids is 1. The fourth-order valence-electron chi connectivity index (χ4n) is 2.42. The minimum Gasteiger partial charge on any atom is -0.357 e. The van der Waals surface area contributed by atoms with Crippen molar-refractivity contribution in [3.8, 4) is 0 Å². The van der Waals surface area contributed by atoms with Crippen molar-refractivity contribution in [2.75, 3.05) is 32.4 Å². The van der Waals surface area contributed by atoms with E-state index in [1.165, 1.54) is 10.4 Å². The zero-order valence-corrected chi connectivity index (χ0v) is 16.6. The van der Waals surface area contributed by atoms with E-state index in [1.807, 2.05) is 23.6 Å². The van der Waals surface area contributed by atoms with Gasteiger partial charge in [-0.1, -0.05) is 0 Å². The van der Waals surface area contributed by atoms with Gasteiger partial charge in [0.15, 0.2) is 5.96 Å². The van der Waals surface area contributed by atoms with E-state index in [0.29, 0.717) is 5.96 Å². The fraction of sp³-hybridized carbons (Fsp3) is 0.647. The molecule has 1 aromatic heterocycles. The van der Waals surface area contributed by atoms with Gasteiger partial charge in [0.1, 0.15) is 6.54 Å². The summed E-state index contributed by atoms with van der Waals surface area (Å²) in [5.41, 5.74) is 1.29. The molecular formula is C17H28N4OS2. The van der Waals surface area contributed by atoms with Crippen LogP contribution < -0.4 is 10.6 Å². The van der Waals surface area contributed by atoms with Crippen molar-refractivity contribution < 1.29 is 4.79 Å². The van der Waals surface area contributed by atoms with E-state index in [-0.39, 0.29) is 17.2 Å². The molecular weight excluding hydrogens is 340 g/mol. The highest BCUT2D eigenvalue weighted by atomic mass is 32.2. The van der Waals surface area contributed by atoms with Crippen LogP contribution in [0.1, 0.15) is 31.2 Å². The van der Waals surface area contributed by atoms with Crippen LogP contribution in [0.2, 0.25) is 0 Å². The maximum atomic E-state index is 12.5. The first-order valence-electron chi connectivity index (χ1n) is 8.35. The summed E-state index contributed by atoms with van der Waals surface area (Å²) in [5.74, 6) is 0.800. The molecule has 1 aliphatic heterocycles. The molecule has 0 saturated heterocycles. The first-order chi connectivity index (χ1) is 11.4. The van der Waals surface area contributed by atoms with Crippen molar-refractivity contribution >= 4 is 35.0 Å². The second-order valence-corrected chi connectivity index (χ2v) is 8.96. The molecule has 0 atom stereocenters. The van der Waals surface area contributed by atoms with Crippen molar-refractivity contribution in [3.05, 3.63) is 21.9 Å². The third kappa shape index (κ3) is 5.41. The molecule has 1 aromatic rings. The minimum absolute atomic E-state index is 0.0909. The van der Waals surface area contributed by atoms with E-state index in [4.69, 9.17) is 0 Å². The average molecular weight is 369 g/mol. The first kappa shape index (κ1) is 19.1. The number of fused-ring (bicyclic) bond motifs is 1. The second kappa shape index (κ2) is 8.76. The van der Waals surface area contributed by atoms with Gasteiger partial charge in [-0.2, -0.15) is 11.8 Å². The van der Waals surface area contributed by atoms with E-state index >= 15 is 0 Å². The predicted octanol–water partition coefficient (Wildman–Crippen LogP) is 2.33. The molecule has 2 N–H and O–H groups in total. The number of thioether (sulfide) groups is 1. The molecule has 2 rings (SSSR count). The van der Waals surface area contributed by atoms with E-state index in [1.54, 1.807) is 11.3 Å². The largest absolute Gasteiger partial charge is 0.357 e. The highest BCUT2D eigenvalue weighted by Crippen LogP contribution is 2.24. The lowest BCUT2D eigenvalue weighted by atomic mass is 10.1. The summed E-state index contributed by atoms with van der Waals surface area (Å²) in [4.78, 5) is 20.2.